The Balaban J connectivity index is 3.79. The van der Waals surface area contributed by atoms with E-state index in [1.54, 1.807) is 12.1 Å². The fourth-order valence-electron chi connectivity index (χ4n) is 2.31. The summed E-state index contributed by atoms with van der Waals surface area (Å²) in [5, 5.41) is 19.8. The second-order valence-corrected chi connectivity index (χ2v) is 7.07. The maximum Gasteiger partial charge on any atom is 0.188 e. The highest BCUT2D eigenvalue weighted by Gasteiger charge is 2.31. The van der Waals surface area contributed by atoms with E-state index in [1.165, 1.54) is 0 Å². The summed E-state index contributed by atoms with van der Waals surface area (Å²) in [4.78, 5) is 0. The van der Waals surface area contributed by atoms with E-state index in [0.717, 1.165) is 11.1 Å². The van der Waals surface area contributed by atoms with Crippen LogP contribution in [0.1, 0.15) is 58.2 Å². The molecule has 0 saturated heterocycles. The molecule has 1 rings (SSSR count). The van der Waals surface area contributed by atoms with Gasteiger partial charge in [-0.2, -0.15) is 0 Å². The first-order valence-electron chi connectivity index (χ1n) is 6.06. The molecule has 0 aliphatic carbocycles. The average Bonchev–Trinajstić information content (AvgIpc) is 2.13. The fraction of sp³-hybridized carbons (Fsp3) is 0.533. The van der Waals surface area contributed by atoms with E-state index >= 15 is 0 Å². The molecule has 0 bridgehead atoms. The highest BCUT2D eigenvalue weighted by molar-refractivity contribution is 7.80. The Hall–Kier alpha value is -1.09. The number of phenolic OH excluding ortho intramolecular Hbond substituents is 1. The van der Waals surface area contributed by atoms with Crippen molar-refractivity contribution in [2.45, 2.75) is 52.4 Å². The van der Waals surface area contributed by atoms with E-state index in [2.05, 4.69) is 20.8 Å². The summed E-state index contributed by atoms with van der Waals surface area (Å²) >= 11 is 4.92. The fourth-order valence-corrected chi connectivity index (χ4v) is 2.48. The Morgan fingerprint density at radius 3 is 1.72 bits per heavy atom. The lowest BCUT2D eigenvalue weighted by molar-refractivity contribution is 0.434. The molecule has 1 aromatic rings. The van der Waals surface area contributed by atoms with Crippen LogP contribution >= 0.6 is 12.2 Å². The Kier molecular flexibility index (Phi) is 3.78. The van der Waals surface area contributed by atoms with Crippen LogP contribution in [-0.4, -0.2) is 15.3 Å². The lowest BCUT2D eigenvalue weighted by Gasteiger charge is -2.32. The third-order valence-corrected chi connectivity index (χ3v) is 3.13. The van der Waals surface area contributed by atoms with Crippen molar-refractivity contribution in [1.29, 1.82) is 0 Å². The van der Waals surface area contributed by atoms with Crippen LogP contribution < -0.4 is 0 Å². The van der Waals surface area contributed by atoms with Crippen LogP contribution in [-0.2, 0) is 10.8 Å². The lowest BCUT2D eigenvalue weighted by Crippen LogP contribution is -2.25. The summed E-state index contributed by atoms with van der Waals surface area (Å²) in [6.45, 7) is 12.3. The molecule has 100 valence electrons. The molecule has 1 aromatic carbocycles. The zero-order chi connectivity index (χ0) is 14.3. The van der Waals surface area contributed by atoms with Gasteiger partial charge in [0, 0.05) is 11.1 Å². The summed E-state index contributed by atoms with van der Waals surface area (Å²) in [7, 11) is 0. The van der Waals surface area contributed by atoms with Gasteiger partial charge in [-0.05, 0) is 40.7 Å². The van der Waals surface area contributed by atoms with Crippen LogP contribution in [0.25, 0.3) is 0 Å². The predicted octanol–water partition coefficient (Wildman–Crippen LogP) is 4.22. The Morgan fingerprint density at radius 2 is 1.39 bits per heavy atom. The van der Waals surface area contributed by atoms with Gasteiger partial charge in [-0.15, -0.1) is 0 Å². The number of thiocarbonyl (C=S) groups is 1. The molecule has 0 spiro atoms. The summed E-state index contributed by atoms with van der Waals surface area (Å²) in [6.07, 6.45) is 0. The van der Waals surface area contributed by atoms with Gasteiger partial charge in [0.2, 0.25) is 0 Å². The molecule has 18 heavy (non-hydrogen) atoms. The lowest BCUT2D eigenvalue weighted by atomic mass is 9.73. The largest absolute Gasteiger partial charge is 0.508 e. The monoisotopic (exact) mass is 266 g/mol. The van der Waals surface area contributed by atoms with E-state index in [9.17, 15) is 10.2 Å². The van der Waals surface area contributed by atoms with Gasteiger partial charge in [-0.1, -0.05) is 41.5 Å². The first kappa shape index (κ1) is 15.0. The predicted molar refractivity (Wildman–Crippen MR) is 79.8 cm³/mol. The maximum absolute atomic E-state index is 10.2. The number of hydrogen-bond acceptors (Lipinski definition) is 2. The Labute approximate surface area is 115 Å². The van der Waals surface area contributed by atoms with Crippen LogP contribution in [0, 0.1) is 0 Å². The highest BCUT2D eigenvalue weighted by Crippen LogP contribution is 2.41. The highest BCUT2D eigenvalue weighted by atomic mass is 32.1. The normalized spacial score (nSPS) is 12.6. The molecule has 3 heteroatoms. The van der Waals surface area contributed by atoms with Crippen molar-refractivity contribution in [3.05, 3.63) is 28.8 Å². The van der Waals surface area contributed by atoms with Crippen LogP contribution in [0.2, 0.25) is 0 Å². The zero-order valence-corrected chi connectivity index (χ0v) is 12.8. The van der Waals surface area contributed by atoms with E-state index in [4.69, 9.17) is 12.2 Å². The van der Waals surface area contributed by atoms with Crippen molar-refractivity contribution < 1.29 is 10.2 Å². The third-order valence-electron chi connectivity index (χ3n) is 2.91. The van der Waals surface area contributed by atoms with Gasteiger partial charge in [-0.3, -0.25) is 0 Å². The van der Waals surface area contributed by atoms with Crippen LogP contribution in [0.15, 0.2) is 12.1 Å². The molecule has 0 radical (unpaired) electrons. The number of phenols is 1. The van der Waals surface area contributed by atoms with Crippen LogP contribution in [0.4, 0.5) is 0 Å². The van der Waals surface area contributed by atoms with Gasteiger partial charge >= 0.3 is 0 Å². The van der Waals surface area contributed by atoms with E-state index in [1.807, 2.05) is 20.8 Å². The first-order valence-corrected chi connectivity index (χ1v) is 6.47. The molecule has 2 N–H and O–H groups in total. The number of hydrogen-bond donors (Lipinski definition) is 2. The van der Waals surface area contributed by atoms with Crippen LogP contribution in [0.3, 0.4) is 0 Å². The number of aromatic hydroxyl groups is 1. The topological polar surface area (TPSA) is 40.5 Å². The molecule has 2 nitrogen and oxygen atoms in total. The number of rotatable bonds is 1. The van der Waals surface area contributed by atoms with Gasteiger partial charge in [-0.25, -0.2) is 0 Å². The molecule has 0 aromatic heterocycles. The summed E-state index contributed by atoms with van der Waals surface area (Å²) < 4.78 is 0. The molecular formula is C15H22O2S. The van der Waals surface area contributed by atoms with E-state index in [0.29, 0.717) is 5.56 Å². The molecule has 0 fully saturated rings. The Bertz CT molecular complexity index is 476. The van der Waals surface area contributed by atoms with Crippen LogP contribution in [0.5, 0.6) is 5.75 Å². The third kappa shape index (κ3) is 2.83. The van der Waals surface area contributed by atoms with Gasteiger partial charge in [0.05, 0.1) is 0 Å². The summed E-state index contributed by atoms with van der Waals surface area (Å²) in [6, 6.07) is 3.29. The summed E-state index contributed by atoms with van der Waals surface area (Å²) in [5.74, 6) is 0.257. The molecule has 0 unspecified atom stereocenters. The molecule has 0 saturated carbocycles. The van der Waals surface area contributed by atoms with Crippen molar-refractivity contribution in [2.24, 2.45) is 0 Å². The van der Waals surface area contributed by atoms with Gasteiger partial charge in [0.1, 0.15) is 5.75 Å². The van der Waals surface area contributed by atoms with E-state index < -0.39 is 0 Å². The minimum absolute atomic E-state index is 0.120. The van der Waals surface area contributed by atoms with Gasteiger partial charge < -0.3 is 10.2 Å². The van der Waals surface area contributed by atoms with Crippen molar-refractivity contribution in [3.8, 4) is 5.75 Å². The zero-order valence-electron chi connectivity index (χ0n) is 12.0. The molecule has 0 aliphatic heterocycles. The smallest absolute Gasteiger partial charge is 0.188 e. The second-order valence-electron chi connectivity index (χ2n) is 6.69. The molecule has 0 heterocycles. The van der Waals surface area contributed by atoms with Gasteiger partial charge in [0.25, 0.3) is 0 Å². The first-order chi connectivity index (χ1) is 7.96. The van der Waals surface area contributed by atoms with Crippen molar-refractivity contribution in [1.82, 2.24) is 0 Å². The maximum atomic E-state index is 10.2. The minimum atomic E-state index is -0.215. The van der Waals surface area contributed by atoms with Crippen molar-refractivity contribution in [2.75, 3.05) is 0 Å². The SMILES string of the molecule is CC(C)(C)c1c(O)ccc(C(O)=S)c1C(C)(C)C. The minimum Gasteiger partial charge on any atom is -0.508 e. The standard InChI is InChI=1S/C15H22O2S/c1-14(2,3)11-9(13(17)18)7-8-10(16)12(11)15(4,5)6/h7-8,16H,1-6H3,(H,17,18). The summed E-state index contributed by atoms with van der Waals surface area (Å²) in [5.41, 5.74) is 1.99. The van der Waals surface area contributed by atoms with Gasteiger partial charge in [0.15, 0.2) is 5.05 Å². The molecule has 0 aliphatic rings. The number of aliphatic hydroxyl groups is 1. The van der Waals surface area contributed by atoms with Crippen molar-refractivity contribution in [3.63, 3.8) is 0 Å². The molecule has 0 amide bonds. The molecule has 0 atom stereocenters. The number of aliphatic hydroxyl groups excluding tert-OH is 1. The second kappa shape index (κ2) is 4.54. The number of benzene rings is 1. The average molecular weight is 266 g/mol. The Morgan fingerprint density at radius 1 is 0.944 bits per heavy atom. The molecular weight excluding hydrogens is 244 g/mol. The quantitative estimate of drug-likeness (QED) is 0.748. The van der Waals surface area contributed by atoms with E-state index in [-0.39, 0.29) is 21.6 Å². The van der Waals surface area contributed by atoms with Crippen molar-refractivity contribution >= 4 is 17.3 Å².